The maximum atomic E-state index is 12.1. The predicted molar refractivity (Wildman–Crippen MR) is 128 cm³/mol. The largest absolute Gasteiger partial charge is 0.459 e. The van der Waals surface area contributed by atoms with E-state index in [0.29, 0.717) is 33.6 Å². The summed E-state index contributed by atoms with van der Waals surface area (Å²) in [6, 6.07) is 22.1. The van der Waals surface area contributed by atoms with E-state index in [1.54, 1.807) is 30.3 Å². The number of nitriles is 1. The second-order valence-corrected chi connectivity index (χ2v) is 7.88. The van der Waals surface area contributed by atoms with Gasteiger partial charge in [-0.1, -0.05) is 42.5 Å². The van der Waals surface area contributed by atoms with E-state index >= 15 is 0 Å². The van der Waals surface area contributed by atoms with Gasteiger partial charge in [-0.25, -0.2) is 9.78 Å². The first-order chi connectivity index (χ1) is 17.0. The molecule has 2 aromatic heterocycles. The fourth-order valence-corrected chi connectivity index (χ4v) is 4.17. The summed E-state index contributed by atoms with van der Waals surface area (Å²) in [5.41, 5.74) is 8.96. The van der Waals surface area contributed by atoms with Crippen molar-refractivity contribution in [2.45, 2.75) is 5.92 Å². The molecule has 9 nitrogen and oxygen atoms in total. The molecule has 0 bridgehead atoms. The third-order valence-corrected chi connectivity index (χ3v) is 5.77. The Kier molecular flexibility index (Phi) is 5.31. The zero-order chi connectivity index (χ0) is 24.5. The molecule has 1 amide bonds. The van der Waals surface area contributed by atoms with Crippen molar-refractivity contribution < 1.29 is 14.1 Å². The number of hydrogen-bond acceptors (Lipinski definition) is 6. The Morgan fingerprint density at radius 2 is 1.86 bits per heavy atom. The van der Waals surface area contributed by atoms with Gasteiger partial charge in [0.15, 0.2) is 0 Å². The van der Waals surface area contributed by atoms with Gasteiger partial charge in [-0.05, 0) is 29.3 Å². The number of nitrogens with zero attached hydrogens (tertiary/aromatic N) is 4. The van der Waals surface area contributed by atoms with Crippen molar-refractivity contribution in [1.82, 2.24) is 9.55 Å². The molecule has 35 heavy (non-hydrogen) atoms. The van der Waals surface area contributed by atoms with Crippen LogP contribution in [0.25, 0.3) is 22.1 Å². The Labute approximate surface area is 198 Å². The first-order valence-electron chi connectivity index (χ1n) is 10.6. The summed E-state index contributed by atoms with van der Waals surface area (Å²) in [6.07, 6.45) is 2.83. The van der Waals surface area contributed by atoms with Gasteiger partial charge in [0.1, 0.15) is 17.7 Å². The zero-order valence-corrected chi connectivity index (χ0v) is 18.2. The van der Waals surface area contributed by atoms with Gasteiger partial charge in [0, 0.05) is 29.3 Å². The smallest absolute Gasteiger partial charge is 0.324 e. The maximum Gasteiger partial charge on any atom is 0.324 e. The van der Waals surface area contributed by atoms with E-state index in [1.807, 2.05) is 30.3 Å². The second-order valence-electron chi connectivity index (χ2n) is 7.88. The number of fused-ring (bicyclic) bond motifs is 1. The first kappa shape index (κ1) is 21.6. The van der Waals surface area contributed by atoms with E-state index in [4.69, 9.17) is 10.2 Å². The number of aromatic nitrogens is 2. The van der Waals surface area contributed by atoms with Crippen molar-refractivity contribution in [3.63, 3.8) is 0 Å². The van der Waals surface area contributed by atoms with Crippen LogP contribution in [0.1, 0.15) is 28.5 Å². The highest BCUT2D eigenvalue weighted by atomic mass is 16.6. The second kappa shape index (κ2) is 8.61. The maximum absolute atomic E-state index is 12.1. The van der Waals surface area contributed by atoms with E-state index in [2.05, 4.69) is 11.1 Å². The van der Waals surface area contributed by atoms with E-state index in [0.717, 1.165) is 11.1 Å². The molecule has 2 N–H and O–H groups in total. The van der Waals surface area contributed by atoms with Gasteiger partial charge in [-0.3, -0.25) is 14.7 Å². The lowest BCUT2D eigenvalue weighted by Crippen LogP contribution is -2.22. The molecule has 170 valence electrons. The standard InChI is InChI=1S/C26H17N5O4/c27-13-16-6-8-18(9-7-16)24(22-14-29-15-30(22)26(28)32)23-11-19-10-20(31(33)34)12-21(25(19)35-23)17-4-2-1-3-5-17/h1-12,14-15,24H,(H2,28,32). The number of rotatable bonds is 5. The Bertz CT molecular complexity index is 1610. The number of nitro groups is 1. The highest BCUT2D eigenvalue weighted by Crippen LogP contribution is 2.40. The molecule has 5 rings (SSSR count). The average molecular weight is 463 g/mol. The Balaban J connectivity index is 1.77. The first-order valence-corrected chi connectivity index (χ1v) is 10.6. The number of hydrogen-bond donors (Lipinski definition) is 1. The quantitative estimate of drug-likeness (QED) is 0.281. The molecule has 5 aromatic rings. The molecule has 1 atom stereocenters. The van der Waals surface area contributed by atoms with Crippen LogP contribution >= 0.6 is 0 Å². The van der Waals surface area contributed by atoms with Crippen molar-refractivity contribution in [2.75, 3.05) is 0 Å². The van der Waals surface area contributed by atoms with E-state index in [-0.39, 0.29) is 5.69 Å². The summed E-state index contributed by atoms with van der Waals surface area (Å²) in [5, 5.41) is 21.4. The van der Waals surface area contributed by atoms with Gasteiger partial charge in [-0.2, -0.15) is 5.26 Å². The number of furan rings is 1. The number of benzene rings is 3. The van der Waals surface area contributed by atoms with Crippen LogP contribution in [-0.4, -0.2) is 20.5 Å². The monoisotopic (exact) mass is 463 g/mol. The van der Waals surface area contributed by atoms with Crippen LogP contribution in [0, 0.1) is 21.4 Å². The molecule has 0 saturated heterocycles. The number of non-ortho nitro benzene ring substituents is 1. The van der Waals surface area contributed by atoms with Crippen LogP contribution in [-0.2, 0) is 0 Å². The molecule has 0 spiro atoms. The van der Waals surface area contributed by atoms with E-state index in [1.165, 1.54) is 29.2 Å². The minimum absolute atomic E-state index is 0.0687. The SMILES string of the molecule is N#Cc1ccc(C(c2cc3cc([N+](=O)[O-])cc(-c4ccccc4)c3o2)c2cncn2C(N)=O)cc1. The summed E-state index contributed by atoms with van der Waals surface area (Å²) < 4.78 is 7.56. The average Bonchev–Trinajstić information content (AvgIpc) is 3.52. The molecule has 0 radical (unpaired) electrons. The van der Waals surface area contributed by atoms with Crippen LogP contribution in [0.2, 0.25) is 0 Å². The van der Waals surface area contributed by atoms with Crippen LogP contribution in [0.4, 0.5) is 10.5 Å². The molecule has 1 unspecified atom stereocenters. The highest BCUT2D eigenvalue weighted by molar-refractivity contribution is 5.95. The van der Waals surface area contributed by atoms with Gasteiger partial charge in [-0.15, -0.1) is 0 Å². The number of carbonyl (C=O) groups excluding carboxylic acids is 1. The summed E-state index contributed by atoms with van der Waals surface area (Å²) in [6.45, 7) is 0. The topological polar surface area (TPSA) is 141 Å². The molecular weight excluding hydrogens is 446 g/mol. The highest BCUT2D eigenvalue weighted by Gasteiger charge is 2.27. The fraction of sp³-hybridized carbons (Fsp3) is 0.0385. The van der Waals surface area contributed by atoms with Crippen LogP contribution < -0.4 is 5.73 Å². The van der Waals surface area contributed by atoms with E-state index in [9.17, 15) is 20.2 Å². The lowest BCUT2D eigenvalue weighted by Gasteiger charge is -2.16. The van der Waals surface area contributed by atoms with Gasteiger partial charge in [0.05, 0.1) is 28.2 Å². The van der Waals surface area contributed by atoms with Crippen LogP contribution in [0.3, 0.4) is 0 Å². The minimum atomic E-state index is -0.715. The third kappa shape index (κ3) is 3.89. The third-order valence-electron chi connectivity index (χ3n) is 5.77. The van der Waals surface area contributed by atoms with Crippen LogP contribution in [0.5, 0.6) is 0 Å². The molecule has 0 aliphatic rings. The lowest BCUT2D eigenvalue weighted by molar-refractivity contribution is -0.384. The Hall–Kier alpha value is -5.23. The molecule has 0 fully saturated rings. The predicted octanol–water partition coefficient (Wildman–Crippen LogP) is 5.18. The minimum Gasteiger partial charge on any atom is -0.459 e. The van der Waals surface area contributed by atoms with Crippen molar-refractivity contribution >= 4 is 22.7 Å². The summed E-state index contributed by atoms with van der Waals surface area (Å²) >= 11 is 0. The van der Waals surface area contributed by atoms with Crippen molar-refractivity contribution in [3.05, 3.63) is 118 Å². The van der Waals surface area contributed by atoms with Gasteiger partial charge < -0.3 is 10.2 Å². The summed E-state index contributed by atoms with van der Waals surface area (Å²) in [4.78, 5) is 27.4. The van der Waals surface area contributed by atoms with Gasteiger partial charge in [0.25, 0.3) is 5.69 Å². The normalized spacial score (nSPS) is 11.7. The molecular formula is C26H17N5O4. The number of primary amides is 1. The molecule has 3 aromatic carbocycles. The summed E-state index contributed by atoms with van der Waals surface area (Å²) in [7, 11) is 0. The van der Waals surface area contributed by atoms with Gasteiger partial charge in [0.2, 0.25) is 0 Å². The number of carbonyl (C=O) groups is 1. The number of amides is 1. The molecule has 9 heteroatoms. The van der Waals surface area contributed by atoms with Crippen molar-refractivity contribution in [3.8, 4) is 17.2 Å². The molecule has 0 aliphatic heterocycles. The lowest BCUT2D eigenvalue weighted by atomic mass is 9.92. The number of imidazole rings is 1. The zero-order valence-electron chi connectivity index (χ0n) is 18.2. The molecule has 0 aliphatic carbocycles. The molecule has 0 saturated carbocycles. The summed E-state index contributed by atoms with van der Waals surface area (Å²) in [5.74, 6) is -0.182. The Morgan fingerprint density at radius 3 is 2.51 bits per heavy atom. The number of nitrogens with two attached hydrogens (primary N) is 1. The van der Waals surface area contributed by atoms with Crippen molar-refractivity contribution in [2.24, 2.45) is 5.73 Å². The fourth-order valence-electron chi connectivity index (χ4n) is 4.17. The van der Waals surface area contributed by atoms with Crippen LogP contribution in [0.15, 0.2) is 89.7 Å². The number of nitro benzene ring substituents is 1. The van der Waals surface area contributed by atoms with Crippen molar-refractivity contribution in [1.29, 1.82) is 5.26 Å². The van der Waals surface area contributed by atoms with Gasteiger partial charge >= 0.3 is 6.03 Å². The molecule has 2 heterocycles. The van der Waals surface area contributed by atoms with E-state index < -0.39 is 16.9 Å². The Morgan fingerprint density at radius 1 is 1.11 bits per heavy atom.